The number of β-amino-alcohol motifs (C(OH)–C–C–N with tert-alkyl or cyclic N) is 1. The van der Waals surface area contributed by atoms with E-state index in [2.05, 4.69) is 11.0 Å². The summed E-state index contributed by atoms with van der Waals surface area (Å²) in [6.07, 6.45) is 1.92. The Morgan fingerprint density at radius 1 is 1.15 bits per heavy atom. The van der Waals surface area contributed by atoms with Crippen molar-refractivity contribution < 1.29 is 28.2 Å². The van der Waals surface area contributed by atoms with Crippen LogP contribution in [-0.4, -0.2) is 77.3 Å². The second kappa shape index (κ2) is 13.0. The van der Waals surface area contributed by atoms with Gasteiger partial charge in [0.15, 0.2) is 0 Å². The highest BCUT2D eigenvalue weighted by Gasteiger charge is 2.39. The fourth-order valence-electron chi connectivity index (χ4n) is 5.65. The third kappa shape index (κ3) is 7.03. The van der Waals surface area contributed by atoms with E-state index >= 15 is 4.39 Å². The normalized spacial score (nSPS) is 20.1. The van der Waals surface area contributed by atoms with Gasteiger partial charge in [-0.05, 0) is 80.1 Å². The number of hydrogen-bond donors (Lipinski definition) is 2. The first kappa shape index (κ1) is 30.4. The average molecular weight is 569 g/mol. The van der Waals surface area contributed by atoms with E-state index in [-0.39, 0.29) is 18.5 Å². The van der Waals surface area contributed by atoms with Gasteiger partial charge in [0, 0.05) is 19.5 Å². The summed E-state index contributed by atoms with van der Waals surface area (Å²) in [5, 5.41) is 19.6. The van der Waals surface area contributed by atoms with Crippen molar-refractivity contribution in [2.75, 3.05) is 32.8 Å². The van der Waals surface area contributed by atoms with Crippen molar-refractivity contribution in [1.29, 1.82) is 5.26 Å². The fraction of sp³-hybridized carbons (Fsp3) is 0.516. The maximum Gasteiger partial charge on any atom is 0.257 e. The number of nitriles is 1. The molecule has 0 radical (unpaired) electrons. The van der Waals surface area contributed by atoms with Crippen LogP contribution < -0.4 is 10.5 Å². The average Bonchev–Trinajstić information content (AvgIpc) is 3.38. The van der Waals surface area contributed by atoms with Crippen LogP contribution in [0.5, 0.6) is 5.75 Å². The molecule has 3 N–H and O–H groups in total. The molecule has 2 aromatic carbocycles. The maximum absolute atomic E-state index is 15.1. The van der Waals surface area contributed by atoms with Crippen molar-refractivity contribution >= 4 is 11.8 Å². The number of amides is 2. The van der Waals surface area contributed by atoms with Crippen molar-refractivity contribution in [2.24, 2.45) is 11.7 Å². The molecule has 0 saturated carbocycles. The summed E-state index contributed by atoms with van der Waals surface area (Å²) in [5.41, 5.74) is 5.33. The van der Waals surface area contributed by atoms with Gasteiger partial charge in [-0.2, -0.15) is 5.26 Å². The predicted molar refractivity (Wildman–Crippen MR) is 150 cm³/mol. The lowest BCUT2D eigenvalue weighted by Gasteiger charge is -2.36. The van der Waals surface area contributed by atoms with Crippen LogP contribution in [-0.2, 0) is 4.79 Å². The van der Waals surface area contributed by atoms with Crippen molar-refractivity contribution in [3.05, 3.63) is 53.3 Å². The number of nitrogens with two attached hydrogens (primary N) is 1. The van der Waals surface area contributed by atoms with Crippen LogP contribution in [0, 0.1) is 23.1 Å². The SMILES string of the molecule is CCC(F)(CC)CN1CCC(COc2ccc(-c3ccc(C(=O)N4CC(O)C[C@H]4C(N)=O)c(F)c3)cc2C#N)CC1. The molecular formula is C31H38F2N4O4. The minimum Gasteiger partial charge on any atom is -0.492 e. The van der Waals surface area contributed by atoms with Crippen LogP contribution in [0.4, 0.5) is 8.78 Å². The number of carbonyl (C=O) groups excluding carboxylic acids is 2. The zero-order chi connectivity index (χ0) is 29.7. The molecule has 2 aliphatic rings. The molecule has 4 rings (SSSR count). The van der Waals surface area contributed by atoms with Crippen LogP contribution in [0.1, 0.15) is 61.9 Å². The van der Waals surface area contributed by atoms with E-state index in [1.807, 2.05) is 13.8 Å². The molecule has 2 amide bonds. The molecule has 2 atom stereocenters. The van der Waals surface area contributed by atoms with E-state index in [9.17, 15) is 24.3 Å². The van der Waals surface area contributed by atoms with Crippen molar-refractivity contribution in [3.63, 3.8) is 0 Å². The third-order valence-electron chi connectivity index (χ3n) is 8.46. The summed E-state index contributed by atoms with van der Waals surface area (Å²) >= 11 is 0. The molecular weight excluding hydrogens is 530 g/mol. The first-order chi connectivity index (χ1) is 19.6. The van der Waals surface area contributed by atoms with Crippen molar-refractivity contribution in [3.8, 4) is 22.9 Å². The number of aliphatic hydroxyl groups is 1. The van der Waals surface area contributed by atoms with Crippen molar-refractivity contribution in [2.45, 2.75) is 63.8 Å². The van der Waals surface area contributed by atoms with Gasteiger partial charge < -0.3 is 25.4 Å². The minimum atomic E-state index is -1.14. The Labute approximate surface area is 239 Å². The molecule has 0 bridgehead atoms. The Kier molecular flexibility index (Phi) is 9.61. The molecule has 0 aliphatic carbocycles. The van der Waals surface area contributed by atoms with Gasteiger partial charge in [0.1, 0.15) is 29.3 Å². The topological polar surface area (TPSA) is 120 Å². The predicted octanol–water partition coefficient (Wildman–Crippen LogP) is 4.04. The smallest absolute Gasteiger partial charge is 0.257 e. The zero-order valence-electron chi connectivity index (χ0n) is 23.6. The Morgan fingerprint density at radius 2 is 1.80 bits per heavy atom. The molecule has 0 spiro atoms. The lowest BCUT2D eigenvalue weighted by Crippen LogP contribution is -2.44. The van der Waals surface area contributed by atoms with Crippen LogP contribution >= 0.6 is 0 Å². The van der Waals surface area contributed by atoms with Crippen LogP contribution in [0.2, 0.25) is 0 Å². The summed E-state index contributed by atoms with van der Waals surface area (Å²) in [6, 6.07) is 10.3. The number of nitrogens with zero attached hydrogens (tertiary/aromatic N) is 3. The Balaban J connectivity index is 1.39. The fourth-order valence-corrected chi connectivity index (χ4v) is 5.65. The molecule has 2 heterocycles. The monoisotopic (exact) mass is 568 g/mol. The largest absolute Gasteiger partial charge is 0.492 e. The second-order valence-electron chi connectivity index (χ2n) is 11.2. The highest BCUT2D eigenvalue weighted by Crippen LogP contribution is 2.30. The summed E-state index contributed by atoms with van der Waals surface area (Å²) in [4.78, 5) is 27.9. The first-order valence-corrected chi connectivity index (χ1v) is 14.2. The van der Waals surface area contributed by atoms with Crippen LogP contribution in [0.15, 0.2) is 36.4 Å². The van der Waals surface area contributed by atoms with Crippen molar-refractivity contribution in [1.82, 2.24) is 9.80 Å². The molecule has 2 saturated heterocycles. The molecule has 8 nitrogen and oxygen atoms in total. The van der Waals surface area contributed by atoms with Gasteiger partial charge in [-0.15, -0.1) is 0 Å². The number of alkyl halides is 1. The first-order valence-electron chi connectivity index (χ1n) is 14.2. The molecule has 41 heavy (non-hydrogen) atoms. The highest BCUT2D eigenvalue weighted by molar-refractivity contribution is 5.98. The second-order valence-corrected chi connectivity index (χ2v) is 11.2. The summed E-state index contributed by atoms with van der Waals surface area (Å²) in [7, 11) is 0. The van der Waals surface area contributed by atoms with Gasteiger partial charge in [0.05, 0.1) is 23.8 Å². The number of hydrogen-bond acceptors (Lipinski definition) is 6. The quantitative estimate of drug-likeness (QED) is 0.446. The lowest BCUT2D eigenvalue weighted by molar-refractivity contribution is -0.121. The number of ether oxygens (including phenoxy) is 1. The maximum atomic E-state index is 15.1. The van der Waals surface area contributed by atoms with Crippen LogP contribution in [0.3, 0.4) is 0 Å². The minimum absolute atomic E-state index is 0.0169. The van der Waals surface area contributed by atoms with Gasteiger partial charge in [-0.1, -0.05) is 26.0 Å². The zero-order valence-corrected chi connectivity index (χ0v) is 23.6. The van der Waals surface area contributed by atoms with E-state index in [1.165, 1.54) is 12.1 Å². The van der Waals surface area contributed by atoms with E-state index in [1.54, 1.807) is 24.3 Å². The summed E-state index contributed by atoms with van der Waals surface area (Å²) in [6.45, 7) is 6.21. The molecule has 1 unspecified atom stereocenters. The number of carbonyl (C=O) groups is 2. The number of piperidine rings is 1. The van der Waals surface area contributed by atoms with Gasteiger partial charge in [0.2, 0.25) is 5.91 Å². The van der Waals surface area contributed by atoms with Gasteiger partial charge in [-0.3, -0.25) is 9.59 Å². The molecule has 0 aromatic heterocycles. The van der Waals surface area contributed by atoms with Gasteiger partial charge >= 0.3 is 0 Å². The molecule has 2 aromatic rings. The summed E-state index contributed by atoms with van der Waals surface area (Å²) < 4.78 is 35.9. The Bertz CT molecular complexity index is 1300. The number of benzene rings is 2. The van der Waals surface area contributed by atoms with E-state index < -0.39 is 35.4 Å². The van der Waals surface area contributed by atoms with Gasteiger partial charge in [-0.25, -0.2) is 8.78 Å². The Morgan fingerprint density at radius 3 is 2.41 bits per heavy atom. The third-order valence-corrected chi connectivity index (χ3v) is 8.46. The van der Waals surface area contributed by atoms with E-state index in [0.29, 0.717) is 54.4 Å². The molecule has 2 fully saturated rings. The number of likely N-dealkylation sites (tertiary alicyclic amines) is 2. The highest BCUT2D eigenvalue weighted by atomic mass is 19.1. The molecule has 220 valence electrons. The number of rotatable bonds is 10. The molecule has 2 aliphatic heterocycles. The standard InChI is InChI=1S/C31H38F2N4O4/c1-3-31(33,4-2)19-36-11-9-20(10-12-36)18-41-28-8-6-21(13-23(28)16-34)22-5-7-25(26(32)14-22)30(40)37-17-24(38)15-27(37)29(35)39/h5-8,13-14,20,24,27,38H,3-4,9-12,15,17-19H2,1-2H3,(H2,35,39)/t24?,27-/m0/s1. The van der Waals surface area contributed by atoms with E-state index in [4.69, 9.17) is 10.5 Å². The number of halogens is 2. The number of aliphatic hydroxyl groups excluding tert-OH is 1. The van der Waals surface area contributed by atoms with Gasteiger partial charge in [0.25, 0.3) is 5.91 Å². The Hall–Kier alpha value is -3.55. The van der Waals surface area contributed by atoms with Crippen LogP contribution in [0.25, 0.3) is 11.1 Å². The van der Waals surface area contributed by atoms with E-state index in [0.717, 1.165) is 30.8 Å². The number of primary amides is 1. The lowest BCUT2D eigenvalue weighted by atomic mass is 9.94. The summed E-state index contributed by atoms with van der Waals surface area (Å²) in [5.74, 6) is -1.52. The molecule has 10 heteroatoms.